The average molecular weight is 386 g/mol. The molecule has 1 saturated heterocycles. The molecule has 0 radical (unpaired) electrons. The highest BCUT2D eigenvalue weighted by Crippen LogP contribution is 2.28. The van der Waals surface area contributed by atoms with E-state index in [1.54, 1.807) is 14.1 Å². The largest absolute Gasteiger partial charge is 0.383 e. The van der Waals surface area contributed by atoms with E-state index in [2.05, 4.69) is 25.7 Å². The van der Waals surface area contributed by atoms with Crippen LogP contribution in [0.4, 0.5) is 11.5 Å². The number of halogens is 1. The second-order valence-corrected chi connectivity index (χ2v) is 8.11. The summed E-state index contributed by atoms with van der Waals surface area (Å²) < 4.78 is 28.2. The first-order valence-corrected chi connectivity index (χ1v) is 9.67. The fraction of sp³-hybridized carbons (Fsp3) is 0.500. The van der Waals surface area contributed by atoms with Gasteiger partial charge in [-0.1, -0.05) is 11.6 Å². The summed E-state index contributed by atoms with van der Waals surface area (Å²) in [5, 5.41) is 10.6. The molecule has 1 fully saturated rings. The zero-order valence-corrected chi connectivity index (χ0v) is 15.5. The highest BCUT2D eigenvalue weighted by molar-refractivity contribution is 7.89. The predicted octanol–water partition coefficient (Wildman–Crippen LogP) is 1.17. The third kappa shape index (κ3) is 3.70. The van der Waals surface area contributed by atoms with Crippen LogP contribution in [0.2, 0.25) is 5.15 Å². The maximum Gasteiger partial charge on any atom is 0.246 e. The Bertz CT molecular complexity index is 847. The van der Waals surface area contributed by atoms with Gasteiger partial charge in [-0.3, -0.25) is 4.68 Å². The van der Waals surface area contributed by atoms with Gasteiger partial charge in [-0.05, 0) is 12.8 Å². The molecule has 3 heterocycles. The molecule has 9 nitrogen and oxygen atoms in total. The summed E-state index contributed by atoms with van der Waals surface area (Å²) in [6.45, 7) is 0.866. The number of hydrogen-bond acceptors (Lipinski definition) is 7. The minimum Gasteiger partial charge on any atom is -0.383 e. The van der Waals surface area contributed by atoms with Crippen LogP contribution in [-0.2, 0) is 17.1 Å². The van der Waals surface area contributed by atoms with Gasteiger partial charge in [0.25, 0.3) is 0 Å². The van der Waals surface area contributed by atoms with Crippen LogP contribution in [0, 0.1) is 0 Å². The molecular weight excluding hydrogens is 366 g/mol. The molecule has 2 aromatic heterocycles. The summed E-state index contributed by atoms with van der Waals surface area (Å²) in [4.78, 5) is 8.37. The van der Waals surface area contributed by atoms with E-state index in [9.17, 15) is 8.42 Å². The fourth-order valence-electron chi connectivity index (χ4n) is 2.81. The summed E-state index contributed by atoms with van der Waals surface area (Å²) in [5.41, 5.74) is 0.634. The monoisotopic (exact) mass is 385 g/mol. The maximum atomic E-state index is 12.6. The lowest BCUT2D eigenvalue weighted by molar-refractivity contribution is 0.329. The van der Waals surface area contributed by atoms with E-state index in [1.165, 1.54) is 27.7 Å². The van der Waals surface area contributed by atoms with E-state index >= 15 is 0 Å². The van der Waals surface area contributed by atoms with Gasteiger partial charge in [0.15, 0.2) is 11.0 Å². The number of piperidine rings is 1. The summed E-state index contributed by atoms with van der Waals surface area (Å²) in [6, 6.07) is 0.110. The van der Waals surface area contributed by atoms with Crippen LogP contribution in [0.3, 0.4) is 0 Å². The van der Waals surface area contributed by atoms with Crippen molar-refractivity contribution in [2.24, 2.45) is 7.05 Å². The number of hydrogen-bond donors (Lipinski definition) is 2. The van der Waals surface area contributed by atoms with Crippen LogP contribution in [0.15, 0.2) is 23.6 Å². The third-order valence-corrected chi connectivity index (χ3v) is 6.30. The Labute approximate surface area is 151 Å². The first kappa shape index (κ1) is 17.9. The molecule has 11 heteroatoms. The Morgan fingerprint density at radius 2 is 2.00 bits per heavy atom. The lowest BCUT2D eigenvalue weighted by Gasteiger charge is -2.31. The molecule has 0 amide bonds. The topological polar surface area (TPSA) is 105 Å². The SMILES string of the molecule is CNc1c(Cl)ncnc1NC1CCN(S(=O)(=O)c2cnn(C)c2)CC1. The number of sulfonamides is 1. The second kappa shape index (κ2) is 7.14. The number of nitrogens with zero attached hydrogens (tertiary/aromatic N) is 5. The summed E-state index contributed by atoms with van der Waals surface area (Å²) in [5.74, 6) is 0.621. The summed E-state index contributed by atoms with van der Waals surface area (Å²) in [6.07, 6.45) is 5.63. The van der Waals surface area contributed by atoms with Gasteiger partial charge in [0.2, 0.25) is 10.0 Å². The number of nitrogens with one attached hydrogen (secondary N) is 2. The first-order valence-electron chi connectivity index (χ1n) is 7.85. The maximum absolute atomic E-state index is 12.6. The number of rotatable bonds is 5. The first-order chi connectivity index (χ1) is 11.9. The molecule has 1 aliphatic heterocycles. The Morgan fingerprint density at radius 3 is 2.60 bits per heavy atom. The van der Waals surface area contributed by atoms with Crippen LogP contribution in [0.25, 0.3) is 0 Å². The van der Waals surface area contributed by atoms with Gasteiger partial charge in [-0.15, -0.1) is 0 Å². The van der Waals surface area contributed by atoms with Crippen LogP contribution >= 0.6 is 11.6 Å². The summed E-state index contributed by atoms with van der Waals surface area (Å²) >= 11 is 6.05. The molecule has 0 unspecified atom stereocenters. The molecular formula is C14H20ClN7O2S. The van der Waals surface area contributed by atoms with Crippen LogP contribution < -0.4 is 10.6 Å². The molecule has 2 aromatic rings. The van der Waals surface area contributed by atoms with Crippen molar-refractivity contribution in [1.82, 2.24) is 24.1 Å². The van der Waals surface area contributed by atoms with Crippen LogP contribution in [-0.4, -0.2) is 58.7 Å². The number of aryl methyl sites for hydroxylation is 1. The standard InChI is InChI=1S/C14H20ClN7O2S/c1-16-12-13(15)17-9-18-14(12)20-10-3-5-22(6-4-10)25(23,24)11-7-19-21(2)8-11/h7-10,16H,3-6H2,1-2H3,(H,17,18,20). The molecule has 136 valence electrons. The van der Waals surface area contributed by atoms with Gasteiger partial charge < -0.3 is 10.6 Å². The predicted molar refractivity (Wildman–Crippen MR) is 95.2 cm³/mol. The van der Waals surface area contributed by atoms with E-state index in [4.69, 9.17) is 11.6 Å². The lowest BCUT2D eigenvalue weighted by atomic mass is 10.1. The van der Waals surface area contributed by atoms with Crippen molar-refractivity contribution in [3.8, 4) is 0 Å². The van der Waals surface area contributed by atoms with Crippen molar-refractivity contribution in [3.05, 3.63) is 23.9 Å². The average Bonchev–Trinajstić information content (AvgIpc) is 3.03. The van der Waals surface area contributed by atoms with Crippen molar-refractivity contribution in [3.63, 3.8) is 0 Å². The van der Waals surface area contributed by atoms with Crippen molar-refractivity contribution >= 4 is 33.1 Å². The molecule has 0 bridgehead atoms. The normalized spacial score (nSPS) is 16.8. The van der Waals surface area contributed by atoms with Crippen LogP contribution in [0.1, 0.15) is 12.8 Å². The highest BCUT2D eigenvalue weighted by atomic mass is 35.5. The molecule has 0 aliphatic carbocycles. The minimum atomic E-state index is -3.49. The Hall–Kier alpha value is -1.91. The minimum absolute atomic E-state index is 0.110. The quantitative estimate of drug-likeness (QED) is 0.744. The zero-order chi connectivity index (χ0) is 18.0. The van der Waals surface area contributed by atoms with E-state index in [1.807, 2.05) is 0 Å². The highest BCUT2D eigenvalue weighted by Gasteiger charge is 2.30. The molecule has 0 aromatic carbocycles. The van der Waals surface area contributed by atoms with Gasteiger partial charge in [0.05, 0.1) is 6.20 Å². The molecule has 0 spiro atoms. The van der Waals surface area contributed by atoms with Crippen molar-refractivity contribution in [2.45, 2.75) is 23.8 Å². The van der Waals surface area contributed by atoms with E-state index in [0.29, 0.717) is 42.6 Å². The van der Waals surface area contributed by atoms with Gasteiger partial charge in [0.1, 0.15) is 16.9 Å². The van der Waals surface area contributed by atoms with Crippen molar-refractivity contribution < 1.29 is 8.42 Å². The molecule has 2 N–H and O–H groups in total. The van der Waals surface area contributed by atoms with E-state index in [0.717, 1.165) is 0 Å². The van der Waals surface area contributed by atoms with E-state index in [-0.39, 0.29) is 10.9 Å². The molecule has 1 aliphatic rings. The van der Waals surface area contributed by atoms with E-state index < -0.39 is 10.0 Å². The van der Waals surface area contributed by atoms with Crippen LogP contribution in [0.5, 0.6) is 0 Å². The molecule has 3 rings (SSSR count). The number of aromatic nitrogens is 4. The second-order valence-electron chi connectivity index (χ2n) is 5.81. The van der Waals surface area contributed by atoms with Crippen molar-refractivity contribution in [1.29, 1.82) is 0 Å². The Morgan fingerprint density at radius 1 is 1.28 bits per heavy atom. The van der Waals surface area contributed by atoms with Gasteiger partial charge in [-0.25, -0.2) is 18.4 Å². The summed E-state index contributed by atoms with van der Waals surface area (Å²) in [7, 11) is -0.0492. The van der Waals surface area contributed by atoms with Gasteiger partial charge in [0, 0.05) is 39.4 Å². The molecule has 25 heavy (non-hydrogen) atoms. The van der Waals surface area contributed by atoms with Gasteiger partial charge in [-0.2, -0.15) is 9.40 Å². The third-order valence-electron chi connectivity index (χ3n) is 4.16. The fourth-order valence-corrected chi connectivity index (χ4v) is 4.49. The molecule has 0 atom stereocenters. The molecule has 0 saturated carbocycles. The van der Waals surface area contributed by atoms with Crippen molar-refractivity contribution in [2.75, 3.05) is 30.8 Å². The van der Waals surface area contributed by atoms with Gasteiger partial charge >= 0.3 is 0 Å². The smallest absolute Gasteiger partial charge is 0.246 e. The Balaban J connectivity index is 1.66. The Kier molecular flexibility index (Phi) is 5.11. The number of anilines is 2. The lowest BCUT2D eigenvalue weighted by Crippen LogP contribution is -2.42. The zero-order valence-electron chi connectivity index (χ0n) is 14.0.